The number of anilines is 1. The fourth-order valence-corrected chi connectivity index (χ4v) is 2.23. The Morgan fingerprint density at radius 3 is 2.75 bits per heavy atom. The highest BCUT2D eigenvalue weighted by Gasteiger charge is 2.42. The molecule has 0 bridgehead atoms. The molecule has 1 aliphatic heterocycles. The normalized spacial score (nSPS) is 21.1. The Hall–Kier alpha value is -2.06. The first-order chi connectivity index (χ1) is 9.43. The number of hydrogen-bond donors (Lipinski definition) is 2. The third kappa shape index (κ3) is 2.91. The average Bonchev–Trinajstić information content (AvgIpc) is 2.45. The predicted octanol–water partition coefficient (Wildman–Crippen LogP) is 1.35. The summed E-state index contributed by atoms with van der Waals surface area (Å²) < 4.78 is 38.4. The highest BCUT2D eigenvalue weighted by Crippen LogP contribution is 2.34. The van der Waals surface area contributed by atoms with Crippen LogP contribution in [0.1, 0.15) is 18.5 Å². The topological polar surface area (TPSA) is 87.6 Å². The molecule has 1 unspecified atom stereocenters. The molecule has 1 atom stereocenters. The lowest BCUT2D eigenvalue weighted by atomic mass is 9.97. The summed E-state index contributed by atoms with van der Waals surface area (Å²) in [6.07, 6.45) is -1.05. The molecule has 20 heavy (non-hydrogen) atoms. The molecule has 0 aromatic carbocycles. The third-order valence-electron chi connectivity index (χ3n) is 3.21. The van der Waals surface area contributed by atoms with Gasteiger partial charge in [-0.05, 0) is 12.8 Å². The van der Waals surface area contributed by atoms with Crippen molar-refractivity contribution in [1.29, 1.82) is 0 Å². The van der Waals surface area contributed by atoms with Crippen LogP contribution < -0.4 is 10.6 Å². The first-order valence-corrected chi connectivity index (χ1v) is 6.04. The van der Waals surface area contributed by atoms with E-state index >= 15 is 0 Å². The van der Waals surface area contributed by atoms with Gasteiger partial charge in [-0.3, -0.25) is 0 Å². The number of hydrogen-bond acceptors (Lipinski definition) is 5. The van der Waals surface area contributed by atoms with Crippen LogP contribution in [0.4, 0.5) is 19.0 Å². The zero-order chi connectivity index (χ0) is 14.8. The monoisotopic (exact) mass is 289 g/mol. The maximum absolute atomic E-state index is 12.8. The van der Waals surface area contributed by atoms with E-state index in [0.717, 1.165) is 0 Å². The molecule has 6 nitrogen and oxygen atoms in total. The molecule has 0 amide bonds. The van der Waals surface area contributed by atoms with E-state index in [1.54, 1.807) is 0 Å². The molecule has 1 aromatic heterocycles. The van der Waals surface area contributed by atoms with Crippen LogP contribution >= 0.6 is 0 Å². The molecule has 0 radical (unpaired) electrons. The summed E-state index contributed by atoms with van der Waals surface area (Å²) in [6.45, 7) is 0.227. The van der Waals surface area contributed by atoms with E-state index in [0.29, 0.717) is 13.0 Å². The molecule has 2 heterocycles. The molecule has 1 saturated heterocycles. The van der Waals surface area contributed by atoms with Gasteiger partial charge in [0.1, 0.15) is 0 Å². The van der Waals surface area contributed by atoms with Crippen LogP contribution in [0.25, 0.3) is 0 Å². The number of aromatic nitrogens is 2. The number of piperidine rings is 1. The summed E-state index contributed by atoms with van der Waals surface area (Å²) in [5.74, 6) is -1.47. The maximum Gasteiger partial charge on any atom is 0.393 e. The number of nitrogens with two attached hydrogens (primary N) is 1. The largest absolute Gasteiger partial charge is 0.409 e. The summed E-state index contributed by atoms with van der Waals surface area (Å²) in [5.41, 5.74) is 5.55. The molecular weight excluding hydrogens is 275 g/mol. The number of alkyl halides is 3. The maximum atomic E-state index is 12.8. The molecule has 1 aliphatic rings. The van der Waals surface area contributed by atoms with E-state index in [4.69, 9.17) is 10.9 Å². The van der Waals surface area contributed by atoms with Crippen molar-refractivity contribution in [3.63, 3.8) is 0 Å². The van der Waals surface area contributed by atoms with Crippen molar-refractivity contribution in [3.8, 4) is 0 Å². The van der Waals surface area contributed by atoms with E-state index in [2.05, 4.69) is 15.1 Å². The molecule has 1 aromatic rings. The van der Waals surface area contributed by atoms with Crippen LogP contribution in [-0.2, 0) is 0 Å². The van der Waals surface area contributed by atoms with Gasteiger partial charge in [-0.1, -0.05) is 5.16 Å². The second-order valence-electron chi connectivity index (χ2n) is 4.54. The third-order valence-corrected chi connectivity index (χ3v) is 3.21. The van der Waals surface area contributed by atoms with E-state index in [-0.39, 0.29) is 30.3 Å². The second kappa shape index (κ2) is 5.51. The molecule has 110 valence electrons. The second-order valence-corrected chi connectivity index (χ2v) is 4.54. The first kappa shape index (κ1) is 14.4. The Kier molecular flexibility index (Phi) is 3.96. The van der Waals surface area contributed by atoms with Gasteiger partial charge in [0.15, 0.2) is 17.3 Å². The summed E-state index contributed by atoms with van der Waals surface area (Å²) in [7, 11) is 0. The van der Waals surface area contributed by atoms with E-state index in [9.17, 15) is 13.2 Å². The molecule has 1 fully saturated rings. The lowest BCUT2D eigenvalue weighted by Gasteiger charge is -2.34. The van der Waals surface area contributed by atoms with E-state index < -0.39 is 12.1 Å². The zero-order valence-corrected chi connectivity index (χ0v) is 10.5. The molecule has 2 rings (SSSR count). The Morgan fingerprint density at radius 2 is 2.10 bits per heavy atom. The Balaban J connectivity index is 2.28. The van der Waals surface area contributed by atoms with Crippen molar-refractivity contribution in [3.05, 3.63) is 18.1 Å². The Morgan fingerprint density at radius 1 is 1.40 bits per heavy atom. The molecule has 0 aliphatic carbocycles. The quantitative estimate of drug-likeness (QED) is 0.371. The van der Waals surface area contributed by atoms with Crippen molar-refractivity contribution >= 4 is 11.7 Å². The number of halogens is 3. The zero-order valence-electron chi connectivity index (χ0n) is 10.5. The van der Waals surface area contributed by atoms with Gasteiger partial charge in [0.05, 0.1) is 5.92 Å². The van der Waals surface area contributed by atoms with Gasteiger partial charge in [-0.15, -0.1) is 0 Å². The summed E-state index contributed by atoms with van der Waals surface area (Å²) in [6, 6.07) is 0. The first-order valence-electron chi connectivity index (χ1n) is 6.04. The van der Waals surface area contributed by atoms with Crippen LogP contribution in [0.5, 0.6) is 0 Å². The minimum absolute atomic E-state index is 0.0813. The van der Waals surface area contributed by atoms with Gasteiger partial charge in [-0.25, -0.2) is 9.97 Å². The lowest BCUT2D eigenvalue weighted by molar-refractivity contribution is -0.176. The summed E-state index contributed by atoms with van der Waals surface area (Å²) in [4.78, 5) is 9.40. The molecular formula is C11H14F3N5O. The highest BCUT2D eigenvalue weighted by molar-refractivity contribution is 5.99. The van der Waals surface area contributed by atoms with Crippen molar-refractivity contribution in [1.82, 2.24) is 9.97 Å². The van der Waals surface area contributed by atoms with Gasteiger partial charge >= 0.3 is 6.18 Å². The molecule has 0 spiro atoms. The minimum atomic E-state index is -4.24. The predicted molar refractivity (Wildman–Crippen MR) is 65.5 cm³/mol. The van der Waals surface area contributed by atoms with Crippen LogP contribution in [0.3, 0.4) is 0 Å². The standard InChI is InChI=1S/C11H14F3N5O/c12-11(13,14)7-2-1-5-19(6-7)10-8(9(15)18-20)16-3-4-17-10/h3-4,7,20H,1-2,5-6H2,(H2,15,18). The number of oxime groups is 1. The van der Waals surface area contributed by atoms with Crippen molar-refractivity contribution in [2.75, 3.05) is 18.0 Å². The minimum Gasteiger partial charge on any atom is -0.409 e. The molecule has 9 heteroatoms. The summed E-state index contributed by atoms with van der Waals surface area (Å²) >= 11 is 0. The Labute approximate surface area is 113 Å². The van der Waals surface area contributed by atoms with Crippen molar-refractivity contribution in [2.45, 2.75) is 19.0 Å². The Bertz CT molecular complexity index is 505. The SMILES string of the molecule is NC(=NO)c1nccnc1N1CCCC(C(F)(F)F)C1. The number of nitrogens with zero attached hydrogens (tertiary/aromatic N) is 4. The average molecular weight is 289 g/mol. The van der Waals surface area contributed by atoms with Gasteiger partial charge in [0.25, 0.3) is 0 Å². The van der Waals surface area contributed by atoms with Gasteiger partial charge in [-0.2, -0.15) is 13.2 Å². The lowest BCUT2D eigenvalue weighted by Crippen LogP contribution is -2.43. The van der Waals surface area contributed by atoms with Crippen LogP contribution in [0, 0.1) is 5.92 Å². The van der Waals surface area contributed by atoms with Crippen LogP contribution in [0.2, 0.25) is 0 Å². The number of amidine groups is 1. The van der Waals surface area contributed by atoms with Crippen LogP contribution in [0.15, 0.2) is 17.5 Å². The molecule has 3 N–H and O–H groups in total. The number of rotatable bonds is 2. The summed E-state index contributed by atoms with van der Waals surface area (Å²) in [5, 5.41) is 11.5. The van der Waals surface area contributed by atoms with Crippen LogP contribution in [-0.4, -0.2) is 40.3 Å². The highest BCUT2D eigenvalue weighted by atomic mass is 19.4. The van der Waals surface area contributed by atoms with Crippen molar-refractivity contribution in [2.24, 2.45) is 16.8 Å². The fourth-order valence-electron chi connectivity index (χ4n) is 2.23. The van der Waals surface area contributed by atoms with E-state index in [1.807, 2.05) is 0 Å². The van der Waals surface area contributed by atoms with Gasteiger partial charge in [0, 0.05) is 25.5 Å². The molecule has 0 saturated carbocycles. The van der Waals surface area contributed by atoms with E-state index in [1.165, 1.54) is 17.3 Å². The van der Waals surface area contributed by atoms with Gasteiger partial charge < -0.3 is 15.8 Å². The van der Waals surface area contributed by atoms with Gasteiger partial charge in [0.2, 0.25) is 0 Å². The van der Waals surface area contributed by atoms with Crippen molar-refractivity contribution < 1.29 is 18.4 Å². The fraction of sp³-hybridized carbons (Fsp3) is 0.545. The smallest absolute Gasteiger partial charge is 0.393 e.